The first-order valence-corrected chi connectivity index (χ1v) is 4.90. The molecule has 2 saturated carbocycles. The van der Waals surface area contributed by atoms with Crippen molar-refractivity contribution in [2.75, 3.05) is 0 Å². The molecule has 4 unspecified atom stereocenters. The standard InChI is InChI=1S/C6H8Br2/c7-5-1-3(5)4-2-6(4)8/h3-6H,1-2H2. The first kappa shape index (κ1) is 5.72. The van der Waals surface area contributed by atoms with E-state index in [9.17, 15) is 0 Å². The molecule has 2 heteroatoms. The highest BCUT2D eigenvalue weighted by Gasteiger charge is 2.51. The van der Waals surface area contributed by atoms with E-state index in [4.69, 9.17) is 0 Å². The van der Waals surface area contributed by atoms with Crippen molar-refractivity contribution < 1.29 is 0 Å². The molecule has 2 rings (SSSR count). The number of hydrogen-bond acceptors (Lipinski definition) is 0. The summed E-state index contributed by atoms with van der Waals surface area (Å²) in [5.41, 5.74) is 0. The third kappa shape index (κ3) is 0.860. The third-order valence-electron chi connectivity index (χ3n) is 2.07. The zero-order valence-corrected chi connectivity index (χ0v) is 7.65. The number of hydrogen-bond donors (Lipinski definition) is 0. The van der Waals surface area contributed by atoms with Crippen LogP contribution in [0.3, 0.4) is 0 Å². The van der Waals surface area contributed by atoms with Crippen LogP contribution in [0.25, 0.3) is 0 Å². The van der Waals surface area contributed by atoms with E-state index in [2.05, 4.69) is 31.9 Å². The van der Waals surface area contributed by atoms with Crippen molar-refractivity contribution >= 4 is 31.9 Å². The molecule has 4 atom stereocenters. The Morgan fingerprint density at radius 1 is 0.875 bits per heavy atom. The summed E-state index contributed by atoms with van der Waals surface area (Å²) >= 11 is 7.19. The molecule has 0 heterocycles. The maximum absolute atomic E-state index is 3.60. The predicted molar refractivity (Wildman–Crippen MR) is 41.6 cm³/mol. The van der Waals surface area contributed by atoms with E-state index in [1.165, 1.54) is 12.8 Å². The molecular weight excluding hydrogens is 232 g/mol. The fourth-order valence-corrected chi connectivity index (χ4v) is 2.90. The Morgan fingerprint density at radius 3 is 1.25 bits per heavy atom. The molecule has 0 radical (unpaired) electrons. The van der Waals surface area contributed by atoms with Gasteiger partial charge in [0.1, 0.15) is 0 Å². The van der Waals surface area contributed by atoms with Crippen molar-refractivity contribution in [3.63, 3.8) is 0 Å². The average molecular weight is 240 g/mol. The van der Waals surface area contributed by atoms with Gasteiger partial charge < -0.3 is 0 Å². The molecule has 0 bridgehead atoms. The van der Waals surface area contributed by atoms with Crippen LogP contribution in [0.2, 0.25) is 0 Å². The van der Waals surface area contributed by atoms with Crippen LogP contribution in [0.4, 0.5) is 0 Å². The zero-order chi connectivity index (χ0) is 5.72. The molecule has 46 valence electrons. The minimum absolute atomic E-state index is 0.870. The van der Waals surface area contributed by atoms with Gasteiger partial charge in [0.2, 0.25) is 0 Å². The molecule has 0 nitrogen and oxygen atoms in total. The van der Waals surface area contributed by atoms with Gasteiger partial charge in [0.25, 0.3) is 0 Å². The van der Waals surface area contributed by atoms with Crippen LogP contribution in [0.1, 0.15) is 12.8 Å². The van der Waals surface area contributed by atoms with Gasteiger partial charge >= 0.3 is 0 Å². The van der Waals surface area contributed by atoms with Gasteiger partial charge in [-0.1, -0.05) is 31.9 Å². The lowest BCUT2D eigenvalue weighted by molar-refractivity contribution is 0.726. The Kier molecular flexibility index (Phi) is 1.23. The molecule has 0 spiro atoms. The van der Waals surface area contributed by atoms with Crippen LogP contribution in [0.15, 0.2) is 0 Å². The Labute approximate surface area is 66.3 Å². The van der Waals surface area contributed by atoms with Gasteiger partial charge in [0.15, 0.2) is 0 Å². The summed E-state index contributed by atoms with van der Waals surface area (Å²) in [6, 6.07) is 0. The minimum atomic E-state index is 0.870. The highest BCUT2D eigenvalue weighted by molar-refractivity contribution is 9.10. The van der Waals surface area contributed by atoms with E-state index in [0.29, 0.717) is 0 Å². The summed E-state index contributed by atoms with van der Waals surface area (Å²) in [6.07, 6.45) is 2.85. The molecule has 2 aliphatic carbocycles. The summed E-state index contributed by atoms with van der Waals surface area (Å²) in [5, 5.41) is 0. The molecule has 2 aliphatic rings. The van der Waals surface area contributed by atoms with Crippen LogP contribution < -0.4 is 0 Å². The van der Waals surface area contributed by atoms with Gasteiger partial charge in [-0.3, -0.25) is 0 Å². The average Bonchev–Trinajstić information content (AvgIpc) is 2.47. The molecule has 0 aromatic carbocycles. The highest BCUT2D eigenvalue weighted by atomic mass is 79.9. The second-order valence-electron chi connectivity index (χ2n) is 2.83. The second kappa shape index (κ2) is 1.72. The molecule has 0 saturated heterocycles. The van der Waals surface area contributed by atoms with E-state index in [1.54, 1.807) is 0 Å². The molecule has 0 amide bonds. The Bertz CT molecular complexity index is 99.1. The van der Waals surface area contributed by atoms with Crippen LogP contribution in [0, 0.1) is 11.8 Å². The lowest BCUT2D eigenvalue weighted by atomic mass is 10.3. The fraction of sp³-hybridized carbons (Fsp3) is 1.00. The van der Waals surface area contributed by atoms with E-state index in [0.717, 1.165) is 21.5 Å². The monoisotopic (exact) mass is 238 g/mol. The van der Waals surface area contributed by atoms with Gasteiger partial charge in [-0.25, -0.2) is 0 Å². The molecule has 0 N–H and O–H groups in total. The van der Waals surface area contributed by atoms with Crippen molar-refractivity contribution in [1.29, 1.82) is 0 Å². The Hall–Kier alpha value is 0.960. The van der Waals surface area contributed by atoms with Gasteiger partial charge in [0, 0.05) is 9.65 Å². The molecule has 0 aromatic rings. The van der Waals surface area contributed by atoms with Gasteiger partial charge in [-0.05, 0) is 24.7 Å². The van der Waals surface area contributed by atoms with Crippen LogP contribution in [-0.4, -0.2) is 9.65 Å². The van der Waals surface area contributed by atoms with E-state index in [-0.39, 0.29) is 0 Å². The smallest absolute Gasteiger partial charge is 0.0180 e. The first-order chi connectivity index (χ1) is 3.79. The lowest BCUT2D eigenvalue weighted by Gasteiger charge is -1.85. The van der Waals surface area contributed by atoms with Gasteiger partial charge in [-0.2, -0.15) is 0 Å². The summed E-state index contributed by atoms with van der Waals surface area (Å²) in [6.45, 7) is 0. The molecule has 0 aromatic heterocycles. The van der Waals surface area contributed by atoms with Gasteiger partial charge in [0.05, 0.1) is 0 Å². The van der Waals surface area contributed by atoms with Crippen molar-refractivity contribution in [3.05, 3.63) is 0 Å². The summed E-state index contributed by atoms with van der Waals surface area (Å²) in [7, 11) is 0. The first-order valence-electron chi connectivity index (χ1n) is 3.07. The topological polar surface area (TPSA) is 0 Å². The number of alkyl halides is 2. The maximum Gasteiger partial charge on any atom is 0.0180 e. The van der Waals surface area contributed by atoms with E-state index >= 15 is 0 Å². The Morgan fingerprint density at radius 2 is 1.12 bits per heavy atom. The SMILES string of the molecule is BrC1CC1C1CC1Br. The Balaban J connectivity index is 1.86. The molecule has 0 aliphatic heterocycles. The van der Waals surface area contributed by atoms with Gasteiger partial charge in [-0.15, -0.1) is 0 Å². The number of rotatable bonds is 1. The van der Waals surface area contributed by atoms with E-state index in [1.807, 2.05) is 0 Å². The number of halogens is 2. The molecule has 2 fully saturated rings. The second-order valence-corrected chi connectivity index (χ2v) is 5.18. The van der Waals surface area contributed by atoms with Crippen molar-refractivity contribution in [2.45, 2.75) is 22.5 Å². The van der Waals surface area contributed by atoms with Crippen molar-refractivity contribution in [1.82, 2.24) is 0 Å². The van der Waals surface area contributed by atoms with Crippen molar-refractivity contribution in [2.24, 2.45) is 11.8 Å². The predicted octanol–water partition coefficient (Wildman–Crippen LogP) is 2.55. The molecular formula is C6H8Br2. The van der Waals surface area contributed by atoms with Crippen LogP contribution in [-0.2, 0) is 0 Å². The van der Waals surface area contributed by atoms with Crippen LogP contribution in [0.5, 0.6) is 0 Å². The van der Waals surface area contributed by atoms with E-state index < -0.39 is 0 Å². The largest absolute Gasteiger partial charge is 0.0887 e. The summed E-state index contributed by atoms with van der Waals surface area (Å²) in [5.74, 6) is 2.05. The normalized spacial score (nSPS) is 60.8. The minimum Gasteiger partial charge on any atom is -0.0887 e. The molecule has 8 heavy (non-hydrogen) atoms. The lowest BCUT2D eigenvalue weighted by Crippen LogP contribution is -1.83. The quantitative estimate of drug-likeness (QED) is 0.618. The highest BCUT2D eigenvalue weighted by Crippen LogP contribution is 2.56. The zero-order valence-electron chi connectivity index (χ0n) is 4.48. The van der Waals surface area contributed by atoms with Crippen LogP contribution >= 0.6 is 31.9 Å². The maximum atomic E-state index is 3.60. The van der Waals surface area contributed by atoms with Crippen molar-refractivity contribution in [3.8, 4) is 0 Å². The third-order valence-corrected chi connectivity index (χ3v) is 4.17. The summed E-state index contributed by atoms with van der Waals surface area (Å²) < 4.78 is 0. The summed E-state index contributed by atoms with van der Waals surface area (Å²) in [4.78, 5) is 1.74. The fourth-order valence-electron chi connectivity index (χ4n) is 1.25.